The molecule has 2 rings (SSSR count). The maximum Gasteiger partial charge on any atom is 1.00 e. The summed E-state index contributed by atoms with van der Waals surface area (Å²) in [5.41, 5.74) is 0. The summed E-state index contributed by atoms with van der Waals surface area (Å²) >= 11 is 0. The van der Waals surface area contributed by atoms with E-state index < -0.39 is 25.6 Å². The van der Waals surface area contributed by atoms with Gasteiger partial charge in [-0.15, -0.1) is 0 Å². The smallest absolute Gasteiger partial charge is 0.449 e. The van der Waals surface area contributed by atoms with Gasteiger partial charge in [-0.25, -0.2) is 0 Å². The number of hydrogen-bond donors (Lipinski definition) is 0. The topological polar surface area (TPSA) is 0 Å². The summed E-state index contributed by atoms with van der Waals surface area (Å²) < 4.78 is 69.3. The van der Waals surface area contributed by atoms with Crippen LogP contribution in [0.5, 0.6) is 0 Å². The summed E-state index contributed by atoms with van der Waals surface area (Å²) in [7, 11) is 0. The van der Waals surface area contributed by atoms with Crippen molar-refractivity contribution in [3.05, 3.63) is 0 Å². The van der Waals surface area contributed by atoms with Crippen LogP contribution in [0.2, 0.25) is 11.6 Å². The molecule has 0 bridgehead atoms. The third-order valence-electron chi connectivity index (χ3n) is 3.31. The van der Waals surface area contributed by atoms with Crippen LogP contribution in [0.25, 0.3) is 0 Å². The molecule has 0 nitrogen and oxygen atoms in total. The van der Waals surface area contributed by atoms with Crippen molar-refractivity contribution in [1.82, 2.24) is 0 Å². The summed E-state index contributed by atoms with van der Waals surface area (Å²) in [6.45, 7) is -5.70. The Balaban J connectivity index is 0. The number of hydrogen-bond acceptors (Lipinski definition) is 0. The zero-order valence-corrected chi connectivity index (χ0v) is 17.4. The minimum Gasteiger partial charge on any atom is -0.449 e. The maximum atomic E-state index is 11.6. The van der Waals surface area contributed by atoms with E-state index in [4.69, 9.17) is 0 Å². The van der Waals surface area contributed by atoms with Crippen molar-refractivity contribution in [3.8, 4) is 0 Å². The van der Waals surface area contributed by atoms with Crippen molar-refractivity contribution in [1.29, 1.82) is 0 Å². The van der Waals surface area contributed by atoms with Gasteiger partial charge in [0.25, 0.3) is 0 Å². The molecule has 4 atom stereocenters. The van der Waals surface area contributed by atoms with Crippen molar-refractivity contribution < 1.29 is 129 Å². The van der Waals surface area contributed by atoms with Crippen LogP contribution < -0.4 is 103 Å². The molecular weight excluding hydrogens is 310 g/mol. The molecule has 0 amide bonds. The molecule has 2 fully saturated rings. The van der Waals surface area contributed by atoms with Gasteiger partial charge in [0.05, 0.1) is 0 Å². The van der Waals surface area contributed by atoms with E-state index in [1.807, 2.05) is 0 Å². The molecule has 0 heterocycles. The van der Waals surface area contributed by atoms with Crippen LogP contribution in [0.1, 0.15) is 26.7 Å². The predicted molar refractivity (Wildman–Crippen MR) is 53.2 cm³/mol. The fourth-order valence-corrected chi connectivity index (χ4v) is 1.76. The summed E-state index contributed by atoms with van der Waals surface area (Å²) in [6.07, 6.45) is 0.729. The molecule has 0 unspecified atom stereocenters. The SMILES string of the molecule is C[C@@H]1C[C@H]1[B-](F)(F)F.C[C@H]1C[C@@H]1[B-](F)(F)F.[K+].[K+]. The van der Waals surface area contributed by atoms with Crippen LogP contribution in [-0.4, -0.2) is 14.0 Å². The van der Waals surface area contributed by atoms with Crippen LogP contribution in [0.15, 0.2) is 0 Å². The predicted octanol–water partition coefficient (Wildman–Crippen LogP) is -1.50. The molecule has 2 aliphatic carbocycles. The van der Waals surface area contributed by atoms with Crippen molar-refractivity contribution in [2.24, 2.45) is 11.8 Å². The Labute approximate surface area is 189 Å². The van der Waals surface area contributed by atoms with Crippen molar-refractivity contribution in [2.45, 2.75) is 38.3 Å². The standard InChI is InChI=1S/2C4H7BF3.2K/c2*1-3-2-4(3)5(6,7)8;;/h2*3-4H,2H2,1H3;;/q2*-1;2*+1/t2*3-,4-;;/m10../s1. The first-order valence-corrected chi connectivity index (χ1v) is 5.43. The van der Waals surface area contributed by atoms with Gasteiger partial charge in [-0.05, 0) is 0 Å². The Bertz CT molecular complexity index is 231. The molecule has 0 aromatic rings. The van der Waals surface area contributed by atoms with Gasteiger partial charge in [0.1, 0.15) is 0 Å². The molecule has 10 heteroatoms. The van der Waals surface area contributed by atoms with E-state index >= 15 is 0 Å². The van der Waals surface area contributed by atoms with Crippen molar-refractivity contribution in [3.63, 3.8) is 0 Å². The van der Waals surface area contributed by atoms with Gasteiger partial charge in [-0.3, -0.25) is 0 Å². The van der Waals surface area contributed by atoms with Gasteiger partial charge in [0.15, 0.2) is 0 Å². The monoisotopic (exact) mass is 324 g/mol. The van der Waals surface area contributed by atoms with E-state index in [9.17, 15) is 25.9 Å². The fourth-order valence-electron chi connectivity index (χ4n) is 1.76. The number of rotatable bonds is 2. The molecule has 0 radical (unpaired) electrons. The van der Waals surface area contributed by atoms with Gasteiger partial charge in [0, 0.05) is 0 Å². The quantitative estimate of drug-likeness (QED) is 0.428. The van der Waals surface area contributed by atoms with E-state index in [0.29, 0.717) is 12.8 Å². The van der Waals surface area contributed by atoms with Crippen LogP contribution in [-0.2, 0) is 0 Å². The van der Waals surface area contributed by atoms with Gasteiger partial charge >= 0.3 is 117 Å². The van der Waals surface area contributed by atoms with E-state index in [1.165, 1.54) is 0 Å². The third-order valence-corrected chi connectivity index (χ3v) is 3.31. The van der Waals surface area contributed by atoms with Gasteiger partial charge in [-0.2, -0.15) is 0 Å². The van der Waals surface area contributed by atoms with Crippen LogP contribution in [0.4, 0.5) is 25.9 Å². The van der Waals surface area contributed by atoms with Crippen LogP contribution in [0.3, 0.4) is 0 Å². The summed E-state index contributed by atoms with van der Waals surface area (Å²) in [5, 5.41) is 0. The fraction of sp³-hybridized carbons (Fsp3) is 1.00. The van der Waals surface area contributed by atoms with E-state index in [0.717, 1.165) is 0 Å². The van der Waals surface area contributed by atoms with Crippen LogP contribution in [0, 0.1) is 11.8 Å². The summed E-state index contributed by atoms with van der Waals surface area (Å²) in [6, 6.07) is 0. The zero-order valence-electron chi connectivity index (χ0n) is 11.1. The normalized spacial score (nSPS) is 33.3. The zero-order chi connectivity index (χ0) is 12.7. The third kappa shape index (κ3) is 8.43. The second-order valence-corrected chi connectivity index (χ2v) is 5.00. The Morgan fingerprint density at radius 3 is 0.833 bits per heavy atom. The second-order valence-electron chi connectivity index (χ2n) is 5.00. The minimum absolute atomic E-state index is 0. The average Bonchev–Trinajstić information content (AvgIpc) is 2.86. The molecule has 18 heavy (non-hydrogen) atoms. The summed E-state index contributed by atoms with van der Waals surface area (Å²) in [4.78, 5) is 0. The molecule has 0 N–H and O–H groups in total. The molecular formula is C8H14B2F6K2. The Kier molecular flexibility index (Phi) is 11.1. The first-order chi connectivity index (χ1) is 7.03. The molecule has 0 aliphatic heterocycles. The van der Waals surface area contributed by atoms with Crippen molar-refractivity contribution in [2.75, 3.05) is 0 Å². The number of halogens is 6. The first kappa shape index (κ1) is 23.3. The molecule has 0 aromatic carbocycles. The van der Waals surface area contributed by atoms with Crippen LogP contribution >= 0.6 is 0 Å². The Hall–Kier alpha value is 2.98. The van der Waals surface area contributed by atoms with E-state index in [2.05, 4.69) is 0 Å². The molecule has 0 aromatic heterocycles. The average molecular weight is 324 g/mol. The van der Waals surface area contributed by atoms with Crippen molar-refractivity contribution >= 4 is 14.0 Å². The van der Waals surface area contributed by atoms with E-state index in [1.54, 1.807) is 13.8 Å². The molecule has 96 valence electrons. The Morgan fingerprint density at radius 1 is 0.667 bits per heavy atom. The second kappa shape index (κ2) is 8.57. The maximum absolute atomic E-state index is 11.6. The largest absolute Gasteiger partial charge is 1.00 e. The molecule has 0 saturated heterocycles. The molecule has 0 spiro atoms. The van der Waals surface area contributed by atoms with Gasteiger partial charge < -0.3 is 25.9 Å². The molecule has 2 aliphatic rings. The van der Waals surface area contributed by atoms with Gasteiger partial charge in [0.2, 0.25) is 0 Å². The Morgan fingerprint density at radius 2 is 0.833 bits per heavy atom. The van der Waals surface area contributed by atoms with E-state index in [-0.39, 0.29) is 115 Å². The molecule has 2 saturated carbocycles. The minimum atomic E-state index is -4.49. The first-order valence-electron chi connectivity index (χ1n) is 5.43. The summed E-state index contributed by atoms with van der Waals surface area (Å²) in [5.74, 6) is -2.02. The van der Waals surface area contributed by atoms with Gasteiger partial charge in [-0.1, -0.05) is 50.2 Å².